The van der Waals surface area contributed by atoms with E-state index in [1.54, 1.807) is 0 Å². The average molecular weight is 494 g/mol. The molecule has 30 heavy (non-hydrogen) atoms. The third-order valence-electron chi connectivity index (χ3n) is 4.05. The van der Waals surface area contributed by atoms with Gasteiger partial charge in [-0.2, -0.15) is 65.9 Å². The Balaban J connectivity index is 4.10. The number of nitrogens with zero attached hydrogens (tertiary/aromatic N) is 1. The quantitative estimate of drug-likeness (QED) is 0.436. The van der Waals surface area contributed by atoms with E-state index in [-0.39, 0.29) is 0 Å². The number of nitrogens with one attached hydrogen (secondary N) is 1. The molecule has 0 aromatic carbocycles. The van der Waals surface area contributed by atoms with E-state index in [4.69, 9.17) is 0 Å². The molecular weight excluding hydrogens is 490 g/mol. The topological polar surface area (TPSA) is 15.3 Å². The zero-order chi connectivity index (χ0) is 24.8. The van der Waals surface area contributed by atoms with Crippen molar-refractivity contribution in [1.29, 1.82) is 0 Å². The van der Waals surface area contributed by atoms with Gasteiger partial charge >= 0.3 is 36.3 Å². The molecule has 0 aromatic heterocycles. The van der Waals surface area contributed by atoms with Gasteiger partial charge in [-0.3, -0.25) is 0 Å². The lowest BCUT2D eigenvalue weighted by atomic mass is 9.90. The van der Waals surface area contributed by atoms with Crippen molar-refractivity contribution in [3.8, 4) is 0 Å². The predicted octanol–water partition coefficient (Wildman–Crippen LogP) is 5.07. The maximum absolute atomic E-state index is 14.6. The minimum absolute atomic E-state index is 1.25. The van der Waals surface area contributed by atoms with Crippen LogP contribution in [0.2, 0.25) is 0 Å². The zero-order valence-corrected chi connectivity index (χ0v) is 13.3. The number of likely N-dealkylation sites (N-methyl/N-ethyl adjacent to an activating group) is 1. The van der Waals surface area contributed by atoms with Crippen LogP contribution in [0.15, 0.2) is 0 Å². The molecule has 3 atom stereocenters. The summed E-state index contributed by atoms with van der Waals surface area (Å²) in [5, 5.41) is -1.25. The predicted molar refractivity (Wildman–Crippen MR) is 55.4 cm³/mol. The Morgan fingerprint density at radius 2 is 0.833 bits per heavy atom. The minimum Gasteiger partial charge on any atom is -0.224 e. The van der Waals surface area contributed by atoms with Crippen molar-refractivity contribution in [2.24, 2.45) is 0 Å². The van der Waals surface area contributed by atoms with Crippen molar-refractivity contribution in [2.45, 2.75) is 53.8 Å². The molecule has 1 aliphatic rings. The molecule has 1 saturated heterocycles. The number of halogens is 18. The standard InChI is InChI=1S/C10H4F18N2/c1-30-6(18,3(13,14)8(22,23)24)5(17,2(11,12)7(19,20)21)29-10(30,28)4(15,16)9(25,26)27/h29H,1H3. The van der Waals surface area contributed by atoms with E-state index >= 15 is 0 Å². The third-order valence-corrected chi connectivity index (χ3v) is 4.05. The van der Waals surface area contributed by atoms with Gasteiger partial charge in [0, 0.05) is 0 Å². The van der Waals surface area contributed by atoms with Crippen molar-refractivity contribution >= 4 is 0 Å². The summed E-state index contributed by atoms with van der Waals surface area (Å²) in [6.07, 6.45) is -22.8. The lowest BCUT2D eigenvalue weighted by Crippen LogP contribution is -2.76. The van der Waals surface area contributed by atoms with E-state index in [1.807, 2.05) is 0 Å². The van der Waals surface area contributed by atoms with Gasteiger partial charge in [0.15, 0.2) is 0 Å². The molecule has 1 fully saturated rings. The summed E-state index contributed by atoms with van der Waals surface area (Å²) in [5.74, 6) is -45.3. The fraction of sp³-hybridized carbons (Fsp3) is 1.00. The second kappa shape index (κ2) is 6.12. The van der Waals surface area contributed by atoms with Crippen LogP contribution in [-0.2, 0) is 0 Å². The van der Waals surface area contributed by atoms with Crippen molar-refractivity contribution in [1.82, 2.24) is 10.2 Å². The number of alkyl halides is 18. The van der Waals surface area contributed by atoms with Crippen LogP contribution < -0.4 is 5.32 Å². The highest BCUT2D eigenvalue weighted by Gasteiger charge is 2.98. The molecule has 2 nitrogen and oxygen atoms in total. The van der Waals surface area contributed by atoms with Gasteiger partial charge in [0.2, 0.25) is 0 Å². The van der Waals surface area contributed by atoms with Gasteiger partial charge < -0.3 is 0 Å². The highest BCUT2D eigenvalue weighted by Crippen LogP contribution is 2.66. The van der Waals surface area contributed by atoms with E-state index < -0.39 is 71.1 Å². The monoisotopic (exact) mass is 494 g/mol. The van der Waals surface area contributed by atoms with E-state index in [0.717, 1.165) is 0 Å². The van der Waals surface area contributed by atoms with E-state index in [1.165, 1.54) is 0 Å². The Kier molecular flexibility index (Phi) is 5.45. The van der Waals surface area contributed by atoms with Gasteiger partial charge in [0.1, 0.15) is 0 Å². The molecular formula is C10H4F18N2. The summed E-state index contributed by atoms with van der Waals surface area (Å²) >= 11 is 0. The molecule has 20 heteroatoms. The van der Waals surface area contributed by atoms with Crippen molar-refractivity contribution in [3.05, 3.63) is 0 Å². The van der Waals surface area contributed by atoms with Crippen LogP contribution in [0.25, 0.3) is 0 Å². The first-order valence-corrected chi connectivity index (χ1v) is 6.55. The Bertz CT molecular complexity index is 676. The maximum atomic E-state index is 14.6. The largest absolute Gasteiger partial charge is 0.459 e. The van der Waals surface area contributed by atoms with Gasteiger partial charge in [-0.1, -0.05) is 0 Å². The highest BCUT2D eigenvalue weighted by atomic mass is 19.4. The second-order valence-corrected chi connectivity index (χ2v) is 5.80. The van der Waals surface area contributed by atoms with Crippen LogP contribution in [0.3, 0.4) is 0 Å². The summed E-state index contributed by atoms with van der Waals surface area (Å²) < 4.78 is 235. The first-order chi connectivity index (χ1) is 12.6. The van der Waals surface area contributed by atoms with E-state index in [0.29, 0.717) is 0 Å². The van der Waals surface area contributed by atoms with Gasteiger partial charge in [0.25, 0.3) is 17.5 Å². The zero-order valence-electron chi connectivity index (χ0n) is 13.3. The number of hydrogen-bond acceptors (Lipinski definition) is 2. The van der Waals surface area contributed by atoms with Crippen LogP contribution in [0.1, 0.15) is 0 Å². The summed E-state index contributed by atoms with van der Waals surface area (Å²) in [4.78, 5) is -2.89. The first-order valence-electron chi connectivity index (χ1n) is 6.55. The SMILES string of the molecule is CN1C(F)(C(F)(F)C(F)(F)F)NC(F)(C(F)(F)C(F)(F)F)C1(F)C(F)(F)C(F)(F)F. The molecule has 0 radical (unpaired) electrons. The molecule has 0 amide bonds. The molecule has 0 bridgehead atoms. The first kappa shape index (κ1) is 26.7. The molecule has 0 spiro atoms. The van der Waals surface area contributed by atoms with Gasteiger partial charge in [-0.25, -0.2) is 23.4 Å². The van der Waals surface area contributed by atoms with Gasteiger partial charge in [-0.15, -0.1) is 0 Å². The average Bonchev–Trinajstić information content (AvgIpc) is 2.65. The van der Waals surface area contributed by atoms with Crippen molar-refractivity contribution < 1.29 is 79.0 Å². The van der Waals surface area contributed by atoms with Crippen LogP contribution in [0.4, 0.5) is 79.0 Å². The molecule has 0 aromatic rings. The Hall–Kier alpha value is -1.34. The molecule has 1 rings (SSSR count). The lowest BCUT2D eigenvalue weighted by molar-refractivity contribution is -0.416. The van der Waals surface area contributed by atoms with Crippen LogP contribution >= 0.6 is 0 Å². The van der Waals surface area contributed by atoms with Crippen LogP contribution in [0.5, 0.6) is 0 Å². The summed E-state index contributed by atoms with van der Waals surface area (Å²) in [6.45, 7) is 0. The van der Waals surface area contributed by atoms with E-state index in [2.05, 4.69) is 0 Å². The van der Waals surface area contributed by atoms with E-state index in [9.17, 15) is 79.0 Å². The molecule has 3 unspecified atom stereocenters. The maximum Gasteiger partial charge on any atom is 0.459 e. The van der Waals surface area contributed by atoms with Crippen molar-refractivity contribution in [2.75, 3.05) is 7.05 Å². The third kappa shape index (κ3) is 2.77. The lowest BCUT2D eigenvalue weighted by Gasteiger charge is -2.44. The number of rotatable bonds is 3. The van der Waals surface area contributed by atoms with Crippen molar-refractivity contribution in [3.63, 3.8) is 0 Å². The number of hydrogen-bond donors (Lipinski definition) is 1. The van der Waals surface area contributed by atoms with Crippen LogP contribution in [-0.4, -0.2) is 65.7 Å². The second-order valence-electron chi connectivity index (χ2n) is 5.80. The Morgan fingerprint density at radius 1 is 0.533 bits per heavy atom. The summed E-state index contributed by atoms with van der Waals surface area (Å²) in [5.41, 5.74) is 0. The highest BCUT2D eigenvalue weighted by molar-refractivity contribution is 5.25. The minimum atomic E-state index is -7.92. The summed E-state index contributed by atoms with van der Waals surface area (Å²) in [6, 6.07) is 0. The molecule has 0 saturated carbocycles. The van der Waals surface area contributed by atoms with Gasteiger partial charge in [-0.05, 0) is 7.05 Å². The molecule has 1 heterocycles. The van der Waals surface area contributed by atoms with Crippen LogP contribution in [0, 0.1) is 0 Å². The fourth-order valence-corrected chi connectivity index (χ4v) is 2.41. The smallest absolute Gasteiger partial charge is 0.224 e. The Labute approximate surface area is 151 Å². The molecule has 180 valence electrons. The summed E-state index contributed by atoms with van der Waals surface area (Å²) in [7, 11) is -1.26. The normalized spacial score (nSPS) is 33.3. The van der Waals surface area contributed by atoms with Gasteiger partial charge in [0.05, 0.1) is 0 Å². The molecule has 0 aliphatic carbocycles. The fourth-order valence-electron chi connectivity index (χ4n) is 2.41. The Morgan fingerprint density at radius 3 is 1.10 bits per heavy atom. The molecule has 1 N–H and O–H groups in total. The molecule has 1 aliphatic heterocycles.